The second-order valence-corrected chi connectivity index (χ2v) is 6.25. The van der Waals surface area contributed by atoms with E-state index in [-0.39, 0.29) is 17.6 Å². The molecular weight excluding hydrogens is 318 g/mol. The van der Waals surface area contributed by atoms with Crippen LogP contribution in [-0.2, 0) is 6.42 Å². The van der Waals surface area contributed by atoms with Crippen LogP contribution in [0.2, 0.25) is 0 Å². The summed E-state index contributed by atoms with van der Waals surface area (Å²) in [7, 11) is 3.60. The molecule has 0 spiro atoms. The third kappa shape index (κ3) is 5.04. The van der Waals surface area contributed by atoms with Crippen molar-refractivity contribution in [1.29, 1.82) is 0 Å². The monoisotopic (exact) mass is 341 g/mol. The Kier molecular flexibility index (Phi) is 6.11. The molecular formula is C19H23N3O3. The number of amides is 1. The van der Waals surface area contributed by atoms with Gasteiger partial charge in [0.05, 0.1) is 10.5 Å². The van der Waals surface area contributed by atoms with Gasteiger partial charge < -0.3 is 10.2 Å². The first-order valence-electron chi connectivity index (χ1n) is 8.19. The zero-order valence-electron chi connectivity index (χ0n) is 14.7. The van der Waals surface area contributed by atoms with Gasteiger partial charge in [0.15, 0.2) is 0 Å². The van der Waals surface area contributed by atoms with Crippen molar-refractivity contribution in [3.63, 3.8) is 0 Å². The highest BCUT2D eigenvalue weighted by molar-refractivity contribution is 6.00. The molecule has 0 aromatic heterocycles. The molecule has 1 N–H and O–H groups in total. The number of carbonyl (C=O) groups is 1. The number of benzene rings is 2. The molecule has 0 saturated carbocycles. The van der Waals surface area contributed by atoms with E-state index in [1.807, 2.05) is 25.1 Å². The van der Waals surface area contributed by atoms with Gasteiger partial charge in [-0.2, -0.15) is 0 Å². The van der Waals surface area contributed by atoms with Crippen molar-refractivity contribution >= 4 is 17.3 Å². The van der Waals surface area contributed by atoms with Gasteiger partial charge in [-0.25, -0.2) is 0 Å². The van der Waals surface area contributed by atoms with Crippen molar-refractivity contribution in [3.05, 3.63) is 69.8 Å². The number of non-ortho nitro benzene ring substituents is 1. The Labute approximate surface area is 147 Å². The van der Waals surface area contributed by atoms with Gasteiger partial charge in [-0.1, -0.05) is 30.3 Å². The predicted octanol–water partition coefficient (Wildman–Crippen LogP) is 3.41. The third-order valence-electron chi connectivity index (χ3n) is 4.00. The van der Waals surface area contributed by atoms with E-state index in [0.717, 1.165) is 12.8 Å². The number of nitrogens with one attached hydrogen (secondary N) is 1. The molecule has 0 aliphatic rings. The number of nitro benzene ring substituents is 1. The molecule has 6 nitrogen and oxygen atoms in total. The number of hydrogen-bond donors (Lipinski definition) is 1. The van der Waals surface area contributed by atoms with Crippen LogP contribution in [0.4, 0.5) is 11.4 Å². The molecule has 0 aliphatic heterocycles. The molecule has 132 valence electrons. The lowest BCUT2D eigenvalue weighted by Gasteiger charge is -2.19. The minimum absolute atomic E-state index is 0.0398. The maximum atomic E-state index is 12.6. The van der Waals surface area contributed by atoms with Gasteiger partial charge in [-0.3, -0.25) is 14.9 Å². The smallest absolute Gasteiger partial charge is 0.270 e. The third-order valence-corrected chi connectivity index (χ3v) is 4.00. The van der Waals surface area contributed by atoms with E-state index in [2.05, 4.69) is 17.4 Å². The number of aryl methyl sites for hydroxylation is 1. The van der Waals surface area contributed by atoms with Gasteiger partial charge in [0.1, 0.15) is 0 Å². The summed E-state index contributed by atoms with van der Waals surface area (Å²) >= 11 is 0. The number of carbonyl (C=O) groups excluding carboxylic acids is 1. The maximum Gasteiger partial charge on any atom is 0.270 e. The van der Waals surface area contributed by atoms with Crippen molar-refractivity contribution in [1.82, 2.24) is 5.32 Å². The topological polar surface area (TPSA) is 75.5 Å². The zero-order chi connectivity index (χ0) is 18.4. The minimum Gasteiger partial charge on any atom is -0.377 e. The van der Waals surface area contributed by atoms with E-state index < -0.39 is 4.92 Å². The zero-order valence-corrected chi connectivity index (χ0v) is 14.7. The molecule has 0 aliphatic carbocycles. The molecule has 1 unspecified atom stereocenters. The molecule has 2 aromatic rings. The normalized spacial score (nSPS) is 11.6. The first-order chi connectivity index (χ1) is 11.9. The quantitative estimate of drug-likeness (QED) is 0.618. The fourth-order valence-electron chi connectivity index (χ4n) is 2.61. The van der Waals surface area contributed by atoms with Crippen molar-refractivity contribution in [3.8, 4) is 0 Å². The Morgan fingerprint density at radius 1 is 1.20 bits per heavy atom. The number of nitro groups is 1. The Balaban J connectivity index is 2.08. The number of rotatable bonds is 7. The van der Waals surface area contributed by atoms with Gasteiger partial charge in [0.2, 0.25) is 0 Å². The van der Waals surface area contributed by atoms with Crippen molar-refractivity contribution in [2.45, 2.75) is 25.8 Å². The van der Waals surface area contributed by atoms with Crippen molar-refractivity contribution in [2.24, 2.45) is 0 Å². The molecule has 1 amide bonds. The average Bonchev–Trinajstić information content (AvgIpc) is 2.60. The molecule has 0 bridgehead atoms. The molecule has 2 rings (SSSR count). The summed E-state index contributed by atoms with van der Waals surface area (Å²) in [6.45, 7) is 1.94. The molecule has 6 heteroatoms. The Morgan fingerprint density at radius 3 is 2.48 bits per heavy atom. The van der Waals surface area contributed by atoms with Gasteiger partial charge in [0, 0.05) is 38.0 Å². The van der Waals surface area contributed by atoms with E-state index in [9.17, 15) is 14.9 Å². The SMILES string of the molecule is CC(CCc1ccccc1)NC(=O)c1cc([N+](=O)[O-])ccc1N(C)C. The van der Waals surface area contributed by atoms with Crippen molar-refractivity contribution < 1.29 is 9.72 Å². The first kappa shape index (κ1) is 18.4. The van der Waals surface area contributed by atoms with Crippen LogP contribution in [0.15, 0.2) is 48.5 Å². The Morgan fingerprint density at radius 2 is 1.88 bits per heavy atom. The van der Waals surface area contributed by atoms with Crippen LogP contribution in [0.3, 0.4) is 0 Å². The van der Waals surface area contributed by atoms with E-state index >= 15 is 0 Å². The number of nitrogens with zero attached hydrogens (tertiary/aromatic N) is 2. The fraction of sp³-hybridized carbons (Fsp3) is 0.316. The molecule has 2 aromatic carbocycles. The largest absolute Gasteiger partial charge is 0.377 e. The van der Waals surface area contributed by atoms with Crippen LogP contribution >= 0.6 is 0 Å². The molecule has 0 heterocycles. The van der Waals surface area contributed by atoms with Crippen LogP contribution in [-0.4, -0.2) is 31.0 Å². The Hall–Kier alpha value is -2.89. The lowest BCUT2D eigenvalue weighted by atomic mass is 10.1. The molecule has 0 saturated heterocycles. The summed E-state index contributed by atoms with van der Waals surface area (Å²) in [6, 6.07) is 14.4. The molecule has 1 atom stereocenters. The lowest BCUT2D eigenvalue weighted by Crippen LogP contribution is -2.34. The van der Waals surface area contributed by atoms with Gasteiger partial charge in [-0.05, 0) is 31.4 Å². The maximum absolute atomic E-state index is 12.6. The highest BCUT2D eigenvalue weighted by Gasteiger charge is 2.19. The van der Waals surface area contributed by atoms with Crippen LogP contribution in [0, 0.1) is 10.1 Å². The number of anilines is 1. The summed E-state index contributed by atoms with van der Waals surface area (Å²) in [5.74, 6) is -0.298. The lowest BCUT2D eigenvalue weighted by molar-refractivity contribution is -0.384. The first-order valence-corrected chi connectivity index (χ1v) is 8.19. The van der Waals surface area contributed by atoms with Gasteiger partial charge in [-0.15, -0.1) is 0 Å². The average molecular weight is 341 g/mol. The highest BCUT2D eigenvalue weighted by atomic mass is 16.6. The van der Waals surface area contributed by atoms with Crippen LogP contribution in [0.25, 0.3) is 0 Å². The summed E-state index contributed by atoms with van der Waals surface area (Å²) in [6.07, 6.45) is 1.65. The molecule has 0 fully saturated rings. The molecule has 25 heavy (non-hydrogen) atoms. The van der Waals surface area contributed by atoms with Crippen LogP contribution in [0.1, 0.15) is 29.3 Å². The second kappa shape index (κ2) is 8.28. The highest BCUT2D eigenvalue weighted by Crippen LogP contribution is 2.24. The number of hydrogen-bond acceptors (Lipinski definition) is 4. The van der Waals surface area contributed by atoms with E-state index in [0.29, 0.717) is 11.3 Å². The van der Waals surface area contributed by atoms with Crippen LogP contribution in [0.5, 0.6) is 0 Å². The van der Waals surface area contributed by atoms with Crippen molar-refractivity contribution in [2.75, 3.05) is 19.0 Å². The fourth-order valence-corrected chi connectivity index (χ4v) is 2.61. The standard InChI is InChI=1S/C19H23N3O3/c1-14(9-10-15-7-5-4-6-8-15)20-19(23)17-13-16(22(24)25)11-12-18(17)21(2)3/h4-8,11-14H,9-10H2,1-3H3,(H,20,23). The summed E-state index contributed by atoms with van der Waals surface area (Å²) in [5.41, 5.74) is 2.09. The predicted molar refractivity (Wildman–Crippen MR) is 99.1 cm³/mol. The van der Waals surface area contributed by atoms with Crippen LogP contribution < -0.4 is 10.2 Å². The Bertz CT molecular complexity index is 745. The van der Waals surface area contributed by atoms with Gasteiger partial charge in [0.25, 0.3) is 11.6 Å². The summed E-state index contributed by atoms with van der Waals surface area (Å²) in [5, 5.41) is 13.9. The van der Waals surface area contributed by atoms with E-state index in [1.165, 1.54) is 17.7 Å². The summed E-state index contributed by atoms with van der Waals surface area (Å²) in [4.78, 5) is 24.9. The summed E-state index contributed by atoms with van der Waals surface area (Å²) < 4.78 is 0. The second-order valence-electron chi connectivity index (χ2n) is 6.25. The minimum atomic E-state index is -0.491. The van der Waals surface area contributed by atoms with E-state index in [4.69, 9.17) is 0 Å². The van der Waals surface area contributed by atoms with Gasteiger partial charge >= 0.3 is 0 Å². The molecule has 0 radical (unpaired) electrons. The van der Waals surface area contributed by atoms with E-state index in [1.54, 1.807) is 25.1 Å².